The van der Waals surface area contributed by atoms with Crippen molar-refractivity contribution in [3.8, 4) is 5.75 Å². The minimum Gasteiger partial charge on any atom is -0.494 e. The minimum atomic E-state index is 0.447. The van der Waals surface area contributed by atoms with Gasteiger partial charge in [-0.2, -0.15) is 0 Å². The smallest absolute Gasteiger partial charge is 0.119 e. The lowest BCUT2D eigenvalue weighted by atomic mass is 9.80. The summed E-state index contributed by atoms with van der Waals surface area (Å²) in [6, 6.07) is 18.0. The van der Waals surface area contributed by atoms with Crippen LogP contribution >= 0.6 is 15.9 Å². The van der Waals surface area contributed by atoms with E-state index in [1.54, 1.807) is 0 Å². The molecule has 0 saturated carbocycles. The average Bonchev–Trinajstić information content (AvgIpc) is 2.93. The Morgan fingerprint density at radius 3 is 1.42 bits per heavy atom. The highest BCUT2D eigenvalue weighted by atomic mass is 79.9. The van der Waals surface area contributed by atoms with Crippen molar-refractivity contribution < 1.29 is 4.74 Å². The van der Waals surface area contributed by atoms with E-state index in [0.717, 1.165) is 16.1 Å². The van der Waals surface area contributed by atoms with Crippen LogP contribution in [0.4, 0.5) is 0 Å². The molecule has 2 aromatic rings. The monoisotopic (exact) mass is 584 g/mol. The lowest BCUT2D eigenvalue weighted by molar-refractivity contribution is 0.340. The highest BCUT2D eigenvalue weighted by Crippen LogP contribution is 2.36. The highest BCUT2D eigenvalue weighted by molar-refractivity contribution is 9.10. The summed E-state index contributed by atoms with van der Waals surface area (Å²) in [7, 11) is 0. The summed E-state index contributed by atoms with van der Waals surface area (Å²) >= 11 is 3.64. The second-order valence-electron chi connectivity index (χ2n) is 11.4. The maximum Gasteiger partial charge on any atom is 0.119 e. The number of ether oxygens (including phenoxy) is 1. The van der Waals surface area contributed by atoms with E-state index in [0.29, 0.717) is 12.5 Å². The summed E-state index contributed by atoms with van der Waals surface area (Å²) in [4.78, 5) is 0. The second-order valence-corrected chi connectivity index (χ2v) is 12.3. The van der Waals surface area contributed by atoms with Crippen molar-refractivity contribution in [2.24, 2.45) is 5.92 Å². The number of hydrogen-bond donors (Lipinski definition) is 0. The molecule has 0 fully saturated rings. The molecule has 0 amide bonds. The van der Waals surface area contributed by atoms with Gasteiger partial charge in [0, 0.05) is 10.4 Å². The summed E-state index contributed by atoms with van der Waals surface area (Å²) < 4.78 is 6.90. The molecule has 0 heterocycles. The average molecular weight is 586 g/mol. The van der Waals surface area contributed by atoms with Crippen molar-refractivity contribution in [1.82, 2.24) is 0 Å². The van der Waals surface area contributed by atoms with Gasteiger partial charge in [0.05, 0.1) is 6.61 Å². The van der Waals surface area contributed by atoms with Gasteiger partial charge >= 0.3 is 0 Å². The first-order chi connectivity index (χ1) is 18.7. The van der Waals surface area contributed by atoms with Crippen molar-refractivity contribution in [3.63, 3.8) is 0 Å². The van der Waals surface area contributed by atoms with Crippen LogP contribution in [0.5, 0.6) is 5.75 Å². The Morgan fingerprint density at radius 2 is 0.974 bits per heavy atom. The molecule has 38 heavy (non-hydrogen) atoms. The lowest BCUT2D eigenvalue weighted by Gasteiger charge is -2.25. The summed E-state index contributed by atoms with van der Waals surface area (Å²) in [6.45, 7) is 7.38. The zero-order chi connectivity index (χ0) is 27.3. The fourth-order valence-corrected chi connectivity index (χ4v) is 6.06. The van der Waals surface area contributed by atoms with Crippen LogP contribution in [0, 0.1) is 5.92 Å². The fraction of sp³-hybridized carbons (Fsp3) is 0.667. The molecule has 0 aliphatic heterocycles. The molecular weight excluding hydrogens is 528 g/mol. The summed E-state index contributed by atoms with van der Waals surface area (Å²) in [5.74, 6) is 2.22. The van der Waals surface area contributed by atoms with E-state index < -0.39 is 0 Å². The predicted octanol–water partition coefficient (Wildman–Crippen LogP) is 12.7. The molecule has 0 bridgehead atoms. The molecule has 0 saturated heterocycles. The third-order valence-electron chi connectivity index (χ3n) is 8.12. The van der Waals surface area contributed by atoms with Crippen molar-refractivity contribution in [2.75, 3.05) is 6.61 Å². The van der Waals surface area contributed by atoms with Gasteiger partial charge in [-0.15, -0.1) is 0 Å². The second kappa shape index (κ2) is 21.5. The van der Waals surface area contributed by atoms with Gasteiger partial charge in [0.2, 0.25) is 0 Å². The Hall–Kier alpha value is -1.28. The van der Waals surface area contributed by atoms with Gasteiger partial charge in [-0.05, 0) is 54.7 Å². The molecule has 2 heteroatoms. The lowest BCUT2D eigenvalue weighted by Crippen LogP contribution is -2.10. The molecule has 2 aromatic carbocycles. The predicted molar refractivity (Wildman–Crippen MR) is 172 cm³/mol. The van der Waals surface area contributed by atoms with E-state index in [9.17, 15) is 0 Å². The molecular formula is C36H57BrO. The first-order valence-corrected chi connectivity index (χ1v) is 16.9. The van der Waals surface area contributed by atoms with E-state index in [-0.39, 0.29) is 0 Å². The highest BCUT2D eigenvalue weighted by Gasteiger charge is 2.20. The number of hydrogen-bond acceptors (Lipinski definition) is 1. The molecule has 2 rings (SSSR count). The van der Waals surface area contributed by atoms with Crippen molar-refractivity contribution in [2.45, 2.75) is 142 Å². The van der Waals surface area contributed by atoms with Crippen LogP contribution in [0.3, 0.4) is 0 Å². The molecule has 1 nitrogen and oxygen atoms in total. The van der Waals surface area contributed by atoms with E-state index in [1.165, 1.54) is 127 Å². The van der Waals surface area contributed by atoms with Crippen LogP contribution in [-0.2, 0) is 0 Å². The van der Waals surface area contributed by atoms with Crippen LogP contribution in [0.25, 0.3) is 0 Å². The van der Waals surface area contributed by atoms with E-state index in [2.05, 4.69) is 85.2 Å². The molecule has 0 radical (unpaired) electrons. The Morgan fingerprint density at radius 1 is 0.553 bits per heavy atom. The summed E-state index contributed by atoms with van der Waals surface area (Å²) in [5, 5.41) is 0. The summed E-state index contributed by atoms with van der Waals surface area (Å²) in [6.07, 6.45) is 25.1. The molecule has 0 spiro atoms. The van der Waals surface area contributed by atoms with Gasteiger partial charge in [-0.25, -0.2) is 0 Å². The van der Waals surface area contributed by atoms with Crippen LogP contribution in [0.1, 0.15) is 153 Å². The van der Waals surface area contributed by atoms with Crippen LogP contribution in [0.2, 0.25) is 0 Å². The largest absolute Gasteiger partial charge is 0.494 e. The SMILES string of the molecule is CCCCCCCCCCCC(CCCCCCCC)CC(c1ccc(Br)cc1)c1ccc(OCC)cc1. The fourth-order valence-electron chi connectivity index (χ4n) is 5.79. The minimum absolute atomic E-state index is 0.447. The first-order valence-electron chi connectivity index (χ1n) is 16.2. The zero-order valence-electron chi connectivity index (χ0n) is 25.0. The van der Waals surface area contributed by atoms with Crippen molar-refractivity contribution in [1.29, 1.82) is 0 Å². The quantitative estimate of drug-likeness (QED) is 0.118. The molecule has 0 aliphatic carbocycles. The molecule has 0 N–H and O–H groups in total. The Labute approximate surface area is 244 Å². The third kappa shape index (κ3) is 14.2. The van der Waals surface area contributed by atoms with E-state index in [4.69, 9.17) is 4.74 Å². The normalized spacial score (nSPS) is 12.9. The Bertz CT molecular complexity index is 797. The number of benzene rings is 2. The van der Waals surface area contributed by atoms with Crippen LogP contribution < -0.4 is 4.74 Å². The van der Waals surface area contributed by atoms with Gasteiger partial charge < -0.3 is 4.74 Å². The molecule has 2 unspecified atom stereocenters. The maximum absolute atomic E-state index is 5.74. The third-order valence-corrected chi connectivity index (χ3v) is 8.65. The van der Waals surface area contributed by atoms with Crippen molar-refractivity contribution in [3.05, 3.63) is 64.1 Å². The maximum atomic E-state index is 5.74. The van der Waals surface area contributed by atoms with Gasteiger partial charge in [0.25, 0.3) is 0 Å². The zero-order valence-corrected chi connectivity index (χ0v) is 26.6. The standard InChI is InChI=1S/C36H57BrO/c1-4-7-9-11-13-14-15-17-19-21-31(20-18-16-12-10-8-5-2)30-36(32-22-26-34(37)27-23-32)33-24-28-35(29-25-33)38-6-3/h22-29,31,36H,4-21,30H2,1-3H3. The first kappa shape index (κ1) is 32.9. The van der Waals surface area contributed by atoms with Crippen molar-refractivity contribution >= 4 is 15.9 Å². The number of unbranched alkanes of at least 4 members (excludes halogenated alkanes) is 13. The number of halogens is 1. The van der Waals surface area contributed by atoms with E-state index in [1.807, 2.05) is 0 Å². The molecule has 0 aliphatic rings. The Balaban J connectivity index is 2.01. The molecule has 0 aromatic heterocycles. The summed E-state index contributed by atoms with van der Waals surface area (Å²) in [5.41, 5.74) is 2.87. The van der Waals surface area contributed by atoms with Crippen LogP contribution in [0.15, 0.2) is 53.0 Å². The topological polar surface area (TPSA) is 9.23 Å². The van der Waals surface area contributed by atoms with Gasteiger partial charge in [-0.1, -0.05) is 163 Å². The molecule has 214 valence electrons. The van der Waals surface area contributed by atoms with Crippen LogP contribution in [-0.4, -0.2) is 6.61 Å². The van der Waals surface area contributed by atoms with Gasteiger partial charge in [-0.3, -0.25) is 0 Å². The Kier molecular flexibility index (Phi) is 18.7. The number of rotatable bonds is 23. The van der Waals surface area contributed by atoms with E-state index >= 15 is 0 Å². The molecule has 2 atom stereocenters. The van der Waals surface area contributed by atoms with Gasteiger partial charge in [0.15, 0.2) is 0 Å². The van der Waals surface area contributed by atoms with Gasteiger partial charge in [0.1, 0.15) is 5.75 Å².